The number of carbonyl (C=O) groups excluding carboxylic acids is 2. The van der Waals surface area contributed by atoms with Gasteiger partial charge in [-0.1, -0.05) is 0 Å². The van der Waals surface area contributed by atoms with Crippen molar-refractivity contribution in [2.75, 3.05) is 5.32 Å². The second-order valence-electron chi connectivity index (χ2n) is 7.61. The normalized spacial score (nSPS) is 13.7. The van der Waals surface area contributed by atoms with Gasteiger partial charge in [0.2, 0.25) is 11.6 Å². The summed E-state index contributed by atoms with van der Waals surface area (Å²) in [5.41, 5.74) is -2.19. The van der Waals surface area contributed by atoms with Crippen molar-refractivity contribution in [1.82, 2.24) is 9.78 Å². The molecule has 1 amide bonds. The zero-order chi connectivity index (χ0) is 23.8. The maximum Gasteiger partial charge on any atom is 0.442 e. The van der Waals surface area contributed by atoms with Gasteiger partial charge >= 0.3 is 17.8 Å². The topological polar surface area (TPSA) is 116 Å². The summed E-state index contributed by atoms with van der Waals surface area (Å²) >= 11 is 1.23. The van der Waals surface area contributed by atoms with E-state index < -0.39 is 46.6 Å². The minimum absolute atomic E-state index is 0.253. The number of halogens is 3. The lowest BCUT2D eigenvalue weighted by Gasteiger charge is -2.14. The van der Waals surface area contributed by atoms with E-state index in [2.05, 4.69) is 10.4 Å². The highest BCUT2D eigenvalue weighted by atomic mass is 32.1. The minimum atomic E-state index is -5.05. The molecular formula is C19H21F3N4O5S. The zero-order valence-electron chi connectivity index (χ0n) is 17.5. The lowest BCUT2D eigenvalue weighted by molar-refractivity contribution is -0.388. The number of hydrogen-bond donors (Lipinski definition) is 1. The van der Waals surface area contributed by atoms with Crippen LogP contribution in [0.3, 0.4) is 0 Å². The number of hydrogen-bond acceptors (Lipinski definition) is 7. The van der Waals surface area contributed by atoms with Crippen LogP contribution in [0.2, 0.25) is 0 Å². The Morgan fingerprint density at radius 2 is 1.97 bits per heavy atom. The van der Waals surface area contributed by atoms with Crippen molar-refractivity contribution >= 4 is 33.9 Å². The Bertz CT molecular complexity index is 1070. The van der Waals surface area contributed by atoms with Crippen molar-refractivity contribution in [3.63, 3.8) is 0 Å². The quantitative estimate of drug-likeness (QED) is 0.380. The Morgan fingerprint density at radius 1 is 1.31 bits per heavy atom. The number of aromatic nitrogens is 2. The van der Waals surface area contributed by atoms with Crippen molar-refractivity contribution in [3.05, 3.63) is 37.5 Å². The van der Waals surface area contributed by atoms with Crippen molar-refractivity contribution in [2.45, 2.75) is 65.3 Å². The summed E-state index contributed by atoms with van der Waals surface area (Å²) in [7, 11) is 0. The molecule has 0 aromatic carbocycles. The number of anilines is 1. The predicted molar refractivity (Wildman–Crippen MR) is 109 cm³/mol. The molecule has 9 nitrogen and oxygen atoms in total. The van der Waals surface area contributed by atoms with E-state index in [1.807, 2.05) is 0 Å². The number of nitrogens with one attached hydrogen (secondary N) is 1. The fraction of sp³-hybridized carbons (Fsp3) is 0.526. The fourth-order valence-corrected chi connectivity index (χ4v) is 4.84. The molecule has 0 radical (unpaired) electrons. The molecule has 0 bridgehead atoms. The van der Waals surface area contributed by atoms with Gasteiger partial charge in [0.05, 0.1) is 16.6 Å². The SMILES string of the molecule is Cc1c([N+](=O)[O-])c(C(F)(F)F)nn1CC(=O)Nc1sc2c(c1C(=O)OC(C)C)CCCC2. The number of aryl methyl sites for hydroxylation is 1. The van der Waals surface area contributed by atoms with Gasteiger partial charge in [0.15, 0.2) is 0 Å². The van der Waals surface area contributed by atoms with E-state index in [0.29, 0.717) is 11.1 Å². The van der Waals surface area contributed by atoms with E-state index in [1.54, 1.807) is 13.8 Å². The summed E-state index contributed by atoms with van der Waals surface area (Å²) < 4.78 is 45.3. The van der Waals surface area contributed by atoms with E-state index in [-0.39, 0.29) is 16.7 Å². The van der Waals surface area contributed by atoms with Crippen LogP contribution in [0, 0.1) is 17.0 Å². The molecular weight excluding hydrogens is 453 g/mol. The molecule has 0 saturated carbocycles. The van der Waals surface area contributed by atoms with Crippen LogP contribution in [0.1, 0.15) is 58.9 Å². The van der Waals surface area contributed by atoms with Gasteiger partial charge < -0.3 is 10.1 Å². The van der Waals surface area contributed by atoms with Crippen LogP contribution in [0.15, 0.2) is 0 Å². The van der Waals surface area contributed by atoms with Gasteiger partial charge in [-0.05, 0) is 52.0 Å². The number of fused-ring (bicyclic) bond motifs is 1. The molecule has 1 aliphatic rings. The van der Waals surface area contributed by atoms with Crippen molar-refractivity contribution < 1.29 is 32.4 Å². The summed E-state index contributed by atoms with van der Waals surface area (Å²) in [6.45, 7) is 3.79. The maximum atomic E-state index is 13.1. The Labute approximate surface area is 184 Å². The first-order valence-corrected chi connectivity index (χ1v) is 10.7. The van der Waals surface area contributed by atoms with Gasteiger partial charge in [-0.15, -0.1) is 11.3 Å². The van der Waals surface area contributed by atoms with Crippen LogP contribution in [0.25, 0.3) is 0 Å². The van der Waals surface area contributed by atoms with Crippen LogP contribution in [-0.4, -0.2) is 32.7 Å². The van der Waals surface area contributed by atoms with Gasteiger partial charge in [0, 0.05) is 4.88 Å². The third-order valence-electron chi connectivity index (χ3n) is 4.89. The standard InChI is InChI=1S/C19H21F3N4O5S/c1-9(2)31-18(28)14-11-6-4-5-7-12(11)32-17(14)23-13(27)8-25-10(3)15(26(29)30)16(24-25)19(20,21)22/h9H,4-8H2,1-3H3,(H,23,27). The third kappa shape index (κ3) is 4.76. The van der Waals surface area contributed by atoms with Gasteiger partial charge in [-0.25, -0.2) is 4.79 Å². The molecule has 3 rings (SSSR count). The number of alkyl halides is 3. The second kappa shape index (κ2) is 8.88. The van der Waals surface area contributed by atoms with E-state index in [0.717, 1.165) is 36.6 Å². The number of nitrogens with zero attached hydrogens (tertiary/aromatic N) is 3. The lowest BCUT2D eigenvalue weighted by atomic mass is 9.95. The Morgan fingerprint density at radius 3 is 2.53 bits per heavy atom. The lowest BCUT2D eigenvalue weighted by Crippen LogP contribution is -2.22. The first-order chi connectivity index (χ1) is 14.9. The van der Waals surface area contributed by atoms with Gasteiger partial charge in [0.25, 0.3) is 0 Å². The van der Waals surface area contributed by atoms with E-state index >= 15 is 0 Å². The number of esters is 1. The molecule has 2 aromatic rings. The van der Waals surface area contributed by atoms with E-state index in [1.165, 1.54) is 11.3 Å². The molecule has 0 unspecified atom stereocenters. The van der Waals surface area contributed by atoms with Crippen molar-refractivity contribution in [2.24, 2.45) is 0 Å². The monoisotopic (exact) mass is 474 g/mol. The number of thiophene rings is 1. The molecule has 32 heavy (non-hydrogen) atoms. The molecule has 0 aliphatic heterocycles. The fourth-order valence-electron chi connectivity index (χ4n) is 3.55. The van der Waals surface area contributed by atoms with E-state index in [4.69, 9.17) is 4.74 Å². The van der Waals surface area contributed by atoms with Crippen LogP contribution in [0.4, 0.5) is 23.9 Å². The smallest absolute Gasteiger partial charge is 0.442 e. The summed E-state index contributed by atoms with van der Waals surface area (Å²) in [4.78, 5) is 36.1. The summed E-state index contributed by atoms with van der Waals surface area (Å²) in [6.07, 6.45) is -2.19. The zero-order valence-corrected chi connectivity index (χ0v) is 18.4. The van der Waals surface area contributed by atoms with Gasteiger partial charge in [-0.2, -0.15) is 18.3 Å². The minimum Gasteiger partial charge on any atom is -0.459 e. The molecule has 1 aliphatic carbocycles. The molecule has 0 atom stereocenters. The largest absolute Gasteiger partial charge is 0.459 e. The molecule has 174 valence electrons. The Hall–Kier alpha value is -2.96. The van der Waals surface area contributed by atoms with Crippen molar-refractivity contribution in [1.29, 1.82) is 0 Å². The molecule has 2 aromatic heterocycles. The highest BCUT2D eigenvalue weighted by Gasteiger charge is 2.44. The first-order valence-electron chi connectivity index (χ1n) is 9.84. The number of carbonyl (C=O) groups is 2. The molecule has 13 heteroatoms. The highest BCUT2D eigenvalue weighted by Crippen LogP contribution is 2.39. The molecule has 0 fully saturated rings. The number of rotatable bonds is 6. The Balaban J connectivity index is 1.90. The first kappa shape index (κ1) is 23.7. The van der Waals surface area contributed by atoms with Gasteiger partial charge in [0.1, 0.15) is 17.2 Å². The predicted octanol–water partition coefficient (Wildman–Crippen LogP) is 4.26. The third-order valence-corrected chi connectivity index (χ3v) is 6.10. The van der Waals surface area contributed by atoms with Crippen LogP contribution >= 0.6 is 11.3 Å². The number of ether oxygens (including phenoxy) is 1. The van der Waals surface area contributed by atoms with E-state index in [9.17, 15) is 32.9 Å². The van der Waals surface area contributed by atoms with Crippen molar-refractivity contribution in [3.8, 4) is 0 Å². The summed E-state index contributed by atoms with van der Waals surface area (Å²) in [5, 5.41) is 17.2. The second-order valence-corrected chi connectivity index (χ2v) is 8.72. The molecule has 2 heterocycles. The van der Waals surface area contributed by atoms with Crippen LogP contribution < -0.4 is 5.32 Å². The molecule has 0 saturated heterocycles. The average Bonchev–Trinajstić information content (AvgIpc) is 3.18. The molecule has 0 spiro atoms. The van der Waals surface area contributed by atoms with Crippen LogP contribution in [-0.2, 0) is 35.1 Å². The van der Waals surface area contributed by atoms with Gasteiger partial charge in [-0.3, -0.25) is 19.6 Å². The highest BCUT2D eigenvalue weighted by molar-refractivity contribution is 7.17. The van der Waals surface area contributed by atoms with Crippen LogP contribution in [0.5, 0.6) is 0 Å². The average molecular weight is 474 g/mol. The summed E-state index contributed by atoms with van der Waals surface area (Å²) in [6, 6.07) is 0. The number of amides is 1. The Kier molecular flexibility index (Phi) is 6.58. The maximum absolute atomic E-state index is 13.1. The molecule has 1 N–H and O–H groups in total. The summed E-state index contributed by atoms with van der Waals surface area (Å²) in [5.74, 6) is -1.35. The number of nitro groups is 1.